The first kappa shape index (κ1) is 18.3. The van der Waals surface area contributed by atoms with Gasteiger partial charge in [-0.05, 0) is 28.1 Å². The molecule has 9 heteroatoms. The minimum Gasteiger partial charge on any atom is -0.482 e. The van der Waals surface area contributed by atoms with Crippen molar-refractivity contribution in [2.45, 2.75) is 0 Å². The van der Waals surface area contributed by atoms with E-state index in [0.29, 0.717) is 6.07 Å². The van der Waals surface area contributed by atoms with E-state index in [1.165, 1.54) is 12.1 Å². The maximum atomic E-state index is 13.6. The van der Waals surface area contributed by atoms with Crippen molar-refractivity contribution in [3.8, 4) is 5.75 Å². The maximum absolute atomic E-state index is 13.6. The SMILES string of the molecule is O=C(COc1cc(Cl)c(Cl)cc1Cl)Nc1c(F)cc(F)cc1Br. The van der Waals surface area contributed by atoms with Gasteiger partial charge in [0.2, 0.25) is 0 Å². The Morgan fingerprint density at radius 1 is 1.09 bits per heavy atom. The lowest BCUT2D eigenvalue weighted by molar-refractivity contribution is -0.118. The molecular formula is C14H7BrCl3F2NO2. The van der Waals surface area contributed by atoms with Crippen LogP contribution in [0.5, 0.6) is 5.75 Å². The van der Waals surface area contributed by atoms with Crippen LogP contribution in [0.1, 0.15) is 0 Å². The van der Waals surface area contributed by atoms with E-state index >= 15 is 0 Å². The molecular weight excluding hydrogens is 438 g/mol. The Labute approximate surface area is 153 Å². The number of amides is 1. The average Bonchev–Trinajstić information content (AvgIpc) is 2.45. The number of hydrogen-bond acceptors (Lipinski definition) is 2. The second kappa shape index (κ2) is 7.66. The zero-order chi connectivity index (χ0) is 17.1. The number of halogens is 6. The maximum Gasteiger partial charge on any atom is 0.262 e. The molecule has 122 valence electrons. The lowest BCUT2D eigenvalue weighted by Gasteiger charge is -2.11. The van der Waals surface area contributed by atoms with E-state index in [2.05, 4.69) is 21.2 Å². The van der Waals surface area contributed by atoms with Crippen LogP contribution in [0.15, 0.2) is 28.7 Å². The Morgan fingerprint density at radius 3 is 2.39 bits per heavy atom. The molecule has 0 aliphatic carbocycles. The zero-order valence-corrected chi connectivity index (χ0v) is 15.0. The molecule has 23 heavy (non-hydrogen) atoms. The molecule has 0 atom stereocenters. The Hall–Kier alpha value is -1.08. The fourth-order valence-electron chi connectivity index (χ4n) is 1.60. The first-order chi connectivity index (χ1) is 10.8. The lowest BCUT2D eigenvalue weighted by Crippen LogP contribution is -2.21. The second-order valence-corrected chi connectivity index (χ2v) is 6.35. The van der Waals surface area contributed by atoms with Gasteiger partial charge in [0.25, 0.3) is 5.91 Å². The van der Waals surface area contributed by atoms with E-state index in [1.807, 2.05) is 0 Å². The molecule has 0 fully saturated rings. The average molecular weight is 445 g/mol. The number of hydrogen-bond donors (Lipinski definition) is 1. The molecule has 0 radical (unpaired) electrons. The highest BCUT2D eigenvalue weighted by Crippen LogP contribution is 2.34. The van der Waals surface area contributed by atoms with Gasteiger partial charge in [-0.1, -0.05) is 34.8 Å². The quantitative estimate of drug-likeness (QED) is 0.613. The van der Waals surface area contributed by atoms with Crippen molar-refractivity contribution in [1.82, 2.24) is 0 Å². The van der Waals surface area contributed by atoms with Crippen LogP contribution in [0, 0.1) is 11.6 Å². The van der Waals surface area contributed by atoms with Gasteiger partial charge in [0.1, 0.15) is 11.6 Å². The van der Waals surface area contributed by atoms with Crippen LogP contribution in [0.25, 0.3) is 0 Å². The van der Waals surface area contributed by atoms with Crippen molar-refractivity contribution in [2.24, 2.45) is 0 Å². The van der Waals surface area contributed by atoms with Crippen LogP contribution < -0.4 is 10.1 Å². The Bertz CT molecular complexity index is 751. The molecule has 2 aromatic carbocycles. The lowest BCUT2D eigenvalue weighted by atomic mass is 10.3. The smallest absolute Gasteiger partial charge is 0.262 e. The fraction of sp³-hybridized carbons (Fsp3) is 0.0714. The van der Waals surface area contributed by atoms with E-state index in [4.69, 9.17) is 39.5 Å². The summed E-state index contributed by atoms with van der Waals surface area (Å²) in [5, 5.41) is 2.88. The van der Waals surface area contributed by atoms with Crippen LogP contribution in [0.3, 0.4) is 0 Å². The van der Waals surface area contributed by atoms with Crippen LogP contribution in [0.4, 0.5) is 14.5 Å². The highest BCUT2D eigenvalue weighted by molar-refractivity contribution is 9.10. The molecule has 0 aliphatic rings. The first-order valence-electron chi connectivity index (χ1n) is 5.99. The molecule has 0 spiro atoms. The third-order valence-electron chi connectivity index (χ3n) is 2.60. The van der Waals surface area contributed by atoms with Crippen LogP contribution in [-0.2, 0) is 4.79 Å². The molecule has 0 bridgehead atoms. The summed E-state index contributed by atoms with van der Waals surface area (Å²) in [7, 11) is 0. The molecule has 0 unspecified atom stereocenters. The molecule has 1 amide bonds. The molecule has 0 aliphatic heterocycles. The van der Waals surface area contributed by atoms with E-state index < -0.39 is 24.1 Å². The van der Waals surface area contributed by atoms with Crippen molar-refractivity contribution in [2.75, 3.05) is 11.9 Å². The van der Waals surface area contributed by atoms with Crippen molar-refractivity contribution in [1.29, 1.82) is 0 Å². The number of nitrogens with one attached hydrogen (secondary N) is 1. The summed E-state index contributed by atoms with van der Waals surface area (Å²) in [4.78, 5) is 11.8. The standard InChI is InChI=1S/C14H7BrCl3F2NO2/c15-7-1-6(19)2-11(20)14(7)21-13(22)5-23-12-4-9(17)8(16)3-10(12)18/h1-4H,5H2,(H,21,22). The fourth-order valence-corrected chi connectivity index (χ4v) is 2.69. The predicted octanol–water partition coefficient (Wildman–Crippen LogP) is 5.71. The van der Waals surface area contributed by atoms with Crippen molar-refractivity contribution in [3.05, 3.63) is 55.4 Å². The Balaban J connectivity index is 2.05. The Morgan fingerprint density at radius 2 is 1.74 bits per heavy atom. The summed E-state index contributed by atoms with van der Waals surface area (Å²) in [6, 6.07) is 4.40. The van der Waals surface area contributed by atoms with Gasteiger partial charge >= 0.3 is 0 Å². The summed E-state index contributed by atoms with van der Waals surface area (Å²) in [5.41, 5.74) is -0.194. The summed E-state index contributed by atoms with van der Waals surface area (Å²) in [5.74, 6) is -2.21. The molecule has 3 nitrogen and oxygen atoms in total. The molecule has 0 aromatic heterocycles. The van der Waals surface area contributed by atoms with Gasteiger partial charge in [-0.3, -0.25) is 4.79 Å². The predicted molar refractivity (Wildman–Crippen MR) is 89.7 cm³/mol. The number of carbonyl (C=O) groups excluding carboxylic acids is 1. The highest BCUT2D eigenvalue weighted by atomic mass is 79.9. The number of benzene rings is 2. The van der Waals surface area contributed by atoms with Gasteiger partial charge < -0.3 is 10.1 Å². The molecule has 0 saturated heterocycles. The minimum absolute atomic E-state index is 0.0657. The number of carbonyl (C=O) groups is 1. The summed E-state index contributed by atoms with van der Waals surface area (Å²) in [6.07, 6.45) is 0. The van der Waals surface area contributed by atoms with E-state index in [0.717, 1.165) is 6.07 Å². The topological polar surface area (TPSA) is 38.3 Å². The van der Waals surface area contributed by atoms with E-state index in [1.54, 1.807) is 0 Å². The Kier molecular flexibility index (Phi) is 6.08. The molecule has 0 saturated carbocycles. The molecule has 2 aromatic rings. The summed E-state index contributed by atoms with van der Waals surface area (Å²) in [6.45, 7) is -0.457. The third kappa shape index (κ3) is 4.70. The van der Waals surface area contributed by atoms with Gasteiger partial charge in [0.15, 0.2) is 12.4 Å². The number of anilines is 1. The van der Waals surface area contributed by atoms with Crippen LogP contribution >= 0.6 is 50.7 Å². The minimum atomic E-state index is -0.919. The van der Waals surface area contributed by atoms with Crippen LogP contribution in [-0.4, -0.2) is 12.5 Å². The van der Waals surface area contributed by atoms with Gasteiger partial charge in [-0.25, -0.2) is 8.78 Å². The number of rotatable bonds is 4. The first-order valence-corrected chi connectivity index (χ1v) is 7.92. The van der Waals surface area contributed by atoms with Crippen molar-refractivity contribution >= 4 is 62.3 Å². The van der Waals surface area contributed by atoms with Crippen molar-refractivity contribution < 1.29 is 18.3 Å². The summed E-state index contributed by atoms with van der Waals surface area (Å²) < 4.78 is 31.9. The molecule has 2 rings (SSSR count). The monoisotopic (exact) mass is 443 g/mol. The summed E-state index contributed by atoms with van der Waals surface area (Å²) >= 11 is 20.5. The molecule has 1 N–H and O–H groups in total. The van der Waals surface area contributed by atoms with E-state index in [-0.39, 0.29) is 31.0 Å². The van der Waals surface area contributed by atoms with Crippen molar-refractivity contribution in [3.63, 3.8) is 0 Å². The normalized spacial score (nSPS) is 10.5. The number of ether oxygens (including phenoxy) is 1. The van der Waals surface area contributed by atoms with Gasteiger partial charge in [0, 0.05) is 16.6 Å². The van der Waals surface area contributed by atoms with Gasteiger partial charge in [-0.15, -0.1) is 0 Å². The van der Waals surface area contributed by atoms with Gasteiger partial charge in [0.05, 0.1) is 20.8 Å². The second-order valence-electron chi connectivity index (χ2n) is 4.28. The highest BCUT2D eigenvalue weighted by Gasteiger charge is 2.14. The van der Waals surface area contributed by atoms with Gasteiger partial charge in [-0.2, -0.15) is 0 Å². The zero-order valence-electron chi connectivity index (χ0n) is 11.1. The van der Waals surface area contributed by atoms with E-state index in [9.17, 15) is 13.6 Å². The molecule has 0 heterocycles. The third-order valence-corrected chi connectivity index (χ3v) is 4.25. The largest absolute Gasteiger partial charge is 0.482 e. The van der Waals surface area contributed by atoms with Crippen LogP contribution in [0.2, 0.25) is 15.1 Å².